The summed E-state index contributed by atoms with van der Waals surface area (Å²) >= 11 is 0. The van der Waals surface area contributed by atoms with Gasteiger partial charge in [-0.25, -0.2) is 4.79 Å². The van der Waals surface area contributed by atoms with Gasteiger partial charge in [-0.2, -0.15) is 0 Å². The number of nitrogens with one attached hydrogen (secondary N) is 1. The van der Waals surface area contributed by atoms with Gasteiger partial charge in [0.25, 0.3) is 0 Å². The number of hydrogen-bond acceptors (Lipinski definition) is 3. The van der Waals surface area contributed by atoms with Crippen molar-refractivity contribution in [3.05, 3.63) is 30.1 Å². The van der Waals surface area contributed by atoms with E-state index in [0.29, 0.717) is 25.7 Å². The maximum Gasteiger partial charge on any atom is 0.329 e. The van der Waals surface area contributed by atoms with E-state index in [4.69, 9.17) is 0 Å². The number of aryl methyl sites for hydroxylation is 1. The van der Waals surface area contributed by atoms with Gasteiger partial charge in [0.1, 0.15) is 5.54 Å². The highest BCUT2D eigenvalue weighted by Gasteiger charge is 2.39. The average molecular weight is 290 g/mol. The summed E-state index contributed by atoms with van der Waals surface area (Å²) in [4.78, 5) is 27.7. The lowest BCUT2D eigenvalue weighted by atomic mass is 9.90. The molecule has 0 aliphatic heterocycles. The summed E-state index contributed by atoms with van der Waals surface area (Å²) in [5, 5.41) is 12.3. The zero-order valence-electron chi connectivity index (χ0n) is 12.2. The van der Waals surface area contributed by atoms with Crippen molar-refractivity contribution in [2.45, 2.75) is 56.9 Å². The number of hydrogen-bond donors (Lipinski definition) is 2. The van der Waals surface area contributed by atoms with Gasteiger partial charge in [0, 0.05) is 18.8 Å². The van der Waals surface area contributed by atoms with Crippen LogP contribution in [-0.2, 0) is 16.0 Å². The highest BCUT2D eigenvalue weighted by atomic mass is 16.4. The lowest BCUT2D eigenvalue weighted by Crippen LogP contribution is -2.54. The Morgan fingerprint density at radius 1 is 1.14 bits per heavy atom. The number of carbonyl (C=O) groups excluding carboxylic acids is 1. The molecule has 0 spiro atoms. The maximum atomic E-state index is 12.1. The Bertz CT molecular complexity index is 480. The topological polar surface area (TPSA) is 79.3 Å². The first kappa shape index (κ1) is 15.5. The number of carboxylic acid groups (broad SMARTS) is 1. The van der Waals surface area contributed by atoms with Crippen LogP contribution in [0.15, 0.2) is 24.5 Å². The summed E-state index contributed by atoms with van der Waals surface area (Å²) in [7, 11) is 0. The van der Waals surface area contributed by atoms with Crippen LogP contribution in [0.1, 0.15) is 50.5 Å². The van der Waals surface area contributed by atoms with E-state index < -0.39 is 11.5 Å². The molecule has 2 rings (SSSR count). The summed E-state index contributed by atoms with van der Waals surface area (Å²) in [5.41, 5.74) is -0.0309. The van der Waals surface area contributed by atoms with Crippen molar-refractivity contribution in [2.75, 3.05) is 0 Å². The molecule has 1 aromatic rings. The van der Waals surface area contributed by atoms with Crippen molar-refractivity contribution in [1.29, 1.82) is 0 Å². The first-order chi connectivity index (χ1) is 10.1. The molecular weight excluding hydrogens is 268 g/mol. The van der Waals surface area contributed by atoms with Gasteiger partial charge < -0.3 is 10.4 Å². The van der Waals surface area contributed by atoms with Gasteiger partial charge >= 0.3 is 5.97 Å². The molecule has 2 N–H and O–H groups in total. The van der Waals surface area contributed by atoms with E-state index in [2.05, 4.69) is 10.3 Å². The number of carboxylic acids is 1. The van der Waals surface area contributed by atoms with Gasteiger partial charge in [-0.15, -0.1) is 0 Å². The van der Waals surface area contributed by atoms with E-state index in [1.807, 2.05) is 12.1 Å². The summed E-state index contributed by atoms with van der Waals surface area (Å²) in [5.74, 6) is -1.09. The highest BCUT2D eigenvalue weighted by molar-refractivity contribution is 5.87. The predicted octanol–water partition coefficient (Wildman–Crippen LogP) is 2.31. The molecule has 1 aliphatic rings. The van der Waals surface area contributed by atoms with Crippen LogP contribution >= 0.6 is 0 Å². The van der Waals surface area contributed by atoms with Gasteiger partial charge in [0.05, 0.1) is 0 Å². The third-order valence-corrected chi connectivity index (χ3v) is 4.14. The van der Waals surface area contributed by atoms with Crippen LogP contribution in [0.5, 0.6) is 0 Å². The van der Waals surface area contributed by atoms with Gasteiger partial charge in [0.15, 0.2) is 0 Å². The van der Waals surface area contributed by atoms with E-state index in [1.165, 1.54) is 0 Å². The van der Waals surface area contributed by atoms with E-state index >= 15 is 0 Å². The third kappa shape index (κ3) is 4.28. The van der Waals surface area contributed by atoms with Crippen LogP contribution in [0.2, 0.25) is 0 Å². The van der Waals surface area contributed by atoms with Crippen LogP contribution in [0.3, 0.4) is 0 Å². The number of pyridine rings is 1. The van der Waals surface area contributed by atoms with Gasteiger partial charge in [-0.05, 0) is 37.0 Å². The number of aromatic nitrogens is 1. The molecule has 0 radical (unpaired) electrons. The molecule has 5 heteroatoms. The minimum atomic E-state index is -1.06. The third-order valence-electron chi connectivity index (χ3n) is 4.14. The first-order valence-electron chi connectivity index (χ1n) is 7.56. The number of aliphatic carboxylic acids is 1. The zero-order chi connectivity index (χ0) is 15.1. The number of carbonyl (C=O) groups is 2. The lowest BCUT2D eigenvalue weighted by molar-refractivity contribution is -0.148. The Balaban J connectivity index is 1.93. The molecule has 21 heavy (non-hydrogen) atoms. The highest BCUT2D eigenvalue weighted by Crippen LogP contribution is 2.27. The van der Waals surface area contributed by atoms with Crippen molar-refractivity contribution in [3.8, 4) is 0 Å². The van der Waals surface area contributed by atoms with Crippen LogP contribution in [0.25, 0.3) is 0 Å². The number of amides is 1. The smallest absolute Gasteiger partial charge is 0.329 e. The molecule has 1 aromatic heterocycles. The fraction of sp³-hybridized carbons (Fsp3) is 0.562. The molecule has 1 saturated carbocycles. The average Bonchev–Trinajstić information content (AvgIpc) is 2.73. The van der Waals surface area contributed by atoms with Crippen LogP contribution < -0.4 is 5.32 Å². The Hall–Kier alpha value is -1.91. The Morgan fingerprint density at radius 2 is 1.76 bits per heavy atom. The molecule has 0 unspecified atom stereocenters. The zero-order valence-corrected chi connectivity index (χ0v) is 12.2. The molecule has 0 saturated heterocycles. The molecule has 114 valence electrons. The second kappa shape index (κ2) is 7.20. The fourth-order valence-electron chi connectivity index (χ4n) is 2.86. The number of nitrogens with zero attached hydrogens (tertiary/aromatic N) is 1. The Morgan fingerprint density at radius 3 is 2.33 bits per heavy atom. The maximum absolute atomic E-state index is 12.1. The van der Waals surface area contributed by atoms with Crippen molar-refractivity contribution in [2.24, 2.45) is 0 Å². The van der Waals surface area contributed by atoms with Crippen molar-refractivity contribution < 1.29 is 14.7 Å². The summed E-state index contributed by atoms with van der Waals surface area (Å²) in [6.45, 7) is 0. The van der Waals surface area contributed by atoms with Gasteiger partial charge in [-0.1, -0.05) is 25.7 Å². The second-order valence-electron chi connectivity index (χ2n) is 5.71. The minimum absolute atomic E-state index is 0.184. The quantitative estimate of drug-likeness (QED) is 0.816. The Kier molecular flexibility index (Phi) is 5.31. The standard InChI is InChI=1S/C16H22N2O3/c19-14(6-5-13-7-11-17-12-8-13)18-16(15(20)21)9-3-1-2-4-10-16/h7-8,11-12H,1-6,9-10H2,(H,18,19)(H,20,21). The first-order valence-corrected chi connectivity index (χ1v) is 7.56. The van der Waals surface area contributed by atoms with Crippen molar-refractivity contribution in [3.63, 3.8) is 0 Å². The predicted molar refractivity (Wildman–Crippen MR) is 78.8 cm³/mol. The van der Waals surface area contributed by atoms with E-state index in [9.17, 15) is 14.7 Å². The van der Waals surface area contributed by atoms with Crippen LogP contribution in [-0.4, -0.2) is 27.5 Å². The number of rotatable bonds is 5. The molecule has 1 fully saturated rings. The lowest BCUT2D eigenvalue weighted by Gasteiger charge is -2.29. The van der Waals surface area contributed by atoms with E-state index in [1.54, 1.807) is 12.4 Å². The molecule has 0 aromatic carbocycles. The minimum Gasteiger partial charge on any atom is -0.480 e. The molecular formula is C16H22N2O3. The van der Waals surface area contributed by atoms with E-state index in [0.717, 1.165) is 31.2 Å². The van der Waals surface area contributed by atoms with Crippen LogP contribution in [0.4, 0.5) is 0 Å². The molecule has 0 bridgehead atoms. The summed E-state index contributed by atoms with van der Waals surface area (Å²) in [6.07, 6.45) is 9.15. The Labute approximate surface area is 124 Å². The molecule has 1 heterocycles. The van der Waals surface area contributed by atoms with E-state index in [-0.39, 0.29) is 5.91 Å². The summed E-state index contributed by atoms with van der Waals surface area (Å²) in [6, 6.07) is 3.73. The summed E-state index contributed by atoms with van der Waals surface area (Å²) < 4.78 is 0. The normalized spacial score (nSPS) is 17.7. The SMILES string of the molecule is O=C(CCc1ccncc1)NC1(C(=O)O)CCCCCC1. The second-order valence-corrected chi connectivity index (χ2v) is 5.71. The van der Waals surface area contributed by atoms with Crippen molar-refractivity contribution in [1.82, 2.24) is 10.3 Å². The van der Waals surface area contributed by atoms with Gasteiger partial charge in [0.2, 0.25) is 5.91 Å². The van der Waals surface area contributed by atoms with Crippen molar-refractivity contribution >= 4 is 11.9 Å². The molecule has 0 atom stereocenters. The molecule has 1 amide bonds. The van der Waals surface area contributed by atoms with Crippen LogP contribution in [0, 0.1) is 0 Å². The molecule has 5 nitrogen and oxygen atoms in total. The van der Waals surface area contributed by atoms with Gasteiger partial charge in [-0.3, -0.25) is 9.78 Å². The largest absolute Gasteiger partial charge is 0.480 e. The fourth-order valence-corrected chi connectivity index (χ4v) is 2.86. The monoisotopic (exact) mass is 290 g/mol. The molecule has 1 aliphatic carbocycles.